The Hall–Kier alpha value is -3.02. The molecule has 0 unspecified atom stereocenters. The lowest BCUT2D eigenvalue weighted by atomic mass is 9.93. The molecular formula is C20H20N2O4. The second-order valence-corrected chi connectivity index (χ2v) is 6.54. The maximum absolute atomic E-state index is 13.1. The third-order valence-corrected chi connectivity index (χ3v) is 4.83. The van der Waals surface area contributed by atoms with E-state index in [0.29, 0.717) is 43.2 Å². The van der Waals surface area contributed by atoms with Crippen LogP contribution in [0.4, 0.5) is 0 Å². The zero-order valence-corrected chi connectivity index (χ0v) is 14.3. The van der Waals surface area contributed by atoms with Crippen molar-refractivity contribution in [2.24, 2.45) is 5.73 Å². The quantitative estimate of drug-likeness (QED) is 0.895. The first-order valence-electron chi connectivity index (χ1n) is 8.70. The van der Waals surface area contributed by atoms with Crippen LogP contribution in [0.2, 0.25) is 0 Å². The van der Waals surface area contributed by atoms with E-state index in [1.54, 1.807) is 23.1 Å². The van der Waals surface area contributed by atoms with Crippen LogP contribution in [0.5, 0.6) is 11.5 Å². The number of nitrogens with two attached hydrogens (primary N) is 1. The van der Waals surface area contributed by atoms with Crippen molar-refractivity contribution in [3.8, 4) is 11.5 Å². The highest BCUT2D eigenvalue weighted by molar-refractivity contribution is 5.98. The summed E-state index contributed by atoms with van der Waals surface area (Å²) in [5.41, 5.74) is 8.13. The third kappa shape index (κ3) is 2.98. The van der Waals surface area contributed by atoms with Crippen LogP contribution < -0.4 is 15.2 Å². The molecule has 134 valence electrons. The van der Waals surface area contributed by atoms with E-state index in [9.17, 15) is 9.59 Å². The number of primary amides is 1. The van der Waals surface area contributed by atoms with Crippen LogP contribution in [0.3, 0.4) is 0 Å². The summed E-state index contributed by atoms with van der Waals surface area (Å²) in [6, 6.07) is 12.3. The smallest absolute Gasteiger partial charge is 0.254 e. The van der Waals surface area contributed by atoms with Crippen LogP contribution >= 0.6 is 0 Å². The maximum Gasteiger partial charge on any atom is 0.254 e. The van der Waals surface area contributed by atoms with Crippen molar-refractivity contribution in [2.75, 3.05) is 13.2 Å². The molecule has 0 fully saturated rings. The molecule has 2 aromatic carbocycles. The molecule has 2 aliphatic rings. The fraction of sp³-hybridized carbons (Fsp3) is 0.300. The van der Waals surface area contributed by atoms with Gasteiger partial charge in [0.25, 0.3) is 5.91 Å². The van der Waals surface area contributed by atoms with Crippen molar-refractivity contribution < 1.29 is 19.1 Å². The minimum Gasteiger partial charge on any atom is -0.490 e. The monoisotopic (exact) mass is 352 g/mol. The first kappa shape index (κ1) is 16.4. The van der Waals surface area contributed by atoms with Gasteiger partial charge in [-0.05, 0) is 29.3 Å². The van der Waals surface area contributed by atoms with Crippen LogP contribution in [0.25, 0.3) is 0 Å². The highest BCUT2D eigenvalue weighted by Gasteiger charge is 2.34. The molecule has 6 nitrogen and oxygen atoms in total. The lowest BCUT2D eigenvalue weighted by Crippen LogP contribution is -2.51. The Morgan fingerprint density at radius 3 is 2.50 bits per heavy atom. The van der Waals surface area contributed by atoms with Gasteiger partial charge in [-0.2, -0.15) is 0 Å². The maximum atomic E-state index is 13.1. The Kier molecular flexibility index (Phi) is 4.24. The van der Waals surface area contributed by atoms with Gasteiger partial charge in [0.1, 0.15) is 6.04 Å². The largest absolute Gasteiger partial charge is 0.490 e. The number of rotatable bonds is 2. The van der Waals surface area contributed by atoms with Gasteiger partial charge < -0.3 is 20.1 Å². The minimum absolute atomic E-state index is 0.237. The Morgan fingerprint density at radius 2 is 1.73 bits per heavy atom. The number of carbonyl (C=O) groups is 2. The molecule has 2 amide bonds. The van der Waals surface area contributed by atoms with Gasteiger partial charge in [0, 0.05) is 24.9 Å². The number of hydrogen-bond acceptors (Lipinski definition) is 4. The first-order valence-corrected chi connectivity index (χ1v) is 8.70. The normalized spacial score (nSPS) is 18.6. The lowest BCUT2D eigenvalue weighted by molar-refractivity contribution is -0.122. The van der Waals surface area contributed by atoms with Crippen molar-refractivity contribution in [1.82, 2.24) is 4.90 Å². The average molecular weight is 352 g/mol. The average Bonchev–Trinajstić information content (AvgIpc) is 2.91. The van der Waals surface area contributed by atoms with E-state index in [-0.39, 0.29) is 5.91 Å². The number of carbonyl (C=O) groups excluding carboxylic acids is 2. The standard InChI is InChI=1S/C20H20N2O4/c21-19(23)16-10-13-4-1-2-5-15(13)12-22(16)20(24)14-6-7-17-18(11-14)26-9-3-8-25-17/h1-2,4-7,11,16H,3,8-10,12H2,(H2,21,23)/t16-/m0/s1. The predicted molar refractivity (Wildman–Crippen MR) is 95.1 cm³/mol. The third-order valence-electron chi connectivity index (χ3n) is 4.83. The molecule has 2 aromatic rings. The predicted octanol–water partition coefficient (Wildman–Crippen LogP) is 1.90. The zero-order valence-electron chi connectivity index (χ0n) is 14.3. The van der Waals surface area contributed by atoms with E-state index in [4.69, 9.17) is 15.2 Å². The molecule has 2 aliphatic heterocycles. The van der Waals surface area contributed by atoms with Gasteiger partial charge >= 0.3 is 0 Å². The zero-order chi connectivity index (χ0) is 18.1. The van der Waals surface area contributed by atoms with Crippen LogP contribution in [0.1, 0.15) is 27.9 Å². The summed E-state index contributed by atoms with van der Waals surface area (Å²) in [6.45, 7) is 1.50. The van der Waals surface area contributed by atoms with Crippen LogP contribution in [0, 0.1) is 0 Å². The van der Waals surface area contributed by atoms with Gasteiger partial charge in [-0.3, -0.25) is 9.59 Å². The van der Waals surface area contributed by atoms with Crippen LogP contribution in [0.15, 0.2) is 42.5 Å². The number of ether oxygens (including phenoxy) is 2. The molecule has 2 N–H and O–H groups in total. The second-order valence-electron chi connectivity index (χ2n) is 6.54. The van der Waals surface area contributed by atoms with Crippen molar-refractivity contribution in [3.63, 3.8) is 0 Å². The highest BCUT2D eigenvalue weighted by Crippen LogP contribution is 2.32. The number of fused-ring (bicyclic) bond motifs is 2. The Labute approximate surface area is 151 Å². The van der Waals surface area contributed by atoms with Gasteiger partial charge in [-0.1, -0.05) is 24.3 Å². The molecule has 6 heteroatoms. The molecule has 1 atom stereocenters. The molecular weight excluding hydrogens is 332 g/mol. The van der Waals surface area contributed by atoms with E-state index < -0.39 is 11.9 Å². The minimum atomic E-state index is -0.659. The van der Waals surface area contributed by atoms with E-state index in [1.165, 1.54) is 0 Å². The van der Waals surface area contributed by atoms with Crippen molar-refractivity contribution in [3.05, 3.63) is 59.2 Å². The summed E-state index contributed by atoms with van der Waals surface area (Å²) < 4.78 is 11.3. The molecule has 0 saturated carbocycles. The van der Waals surface area contributed by atoms with Gasteiger partial charge in [-0.25, -0.2) is 0 Å². The van der Waals surface area contributed by atoms with Gasteiger partial charge in [-0.15, -0.1) is 0 Å². The van der Waals surface area contributed by atoms with Crippen LogP contribution in [-0.4, -0.2) is 36.0 Å². The molecule has 0 spiro atoms. The van der Waals surface area contributed by atoms with Crippen molar-refractivity contribution in [2.45, 2.75) is 25.4 Å². The molecule has 0 saturated heterocycles. The Balaban J connectivity index is 1.66. The Morgan fingerprint density at radius 1 is 1.00 bits per heavy atom. The molecule has 4 rings (SSSR count). The molecule has 26 heavy (non-hydrogen) atoms. The van der Waals surface area contributed by atoms with Crippen molar-refractivity contribution in [1.29, 1.82) is 0 Å². The van der Waals surface area contributed by atoms with Gasteiger partial charge in [0.05, 0.1) is 13.2 Å². The Bertz CT molecular complexity index is 865. The number of amides is 2. The summed E-state index contributed by atoms with van der Waals surface area (Å²) in [5, 5.41) is 0. The molecule has 0 radical (unpaired) electrons. The second kappa shape index (κ2) is 6.71. The summed E-state index contributed by atoms with van der Waals surface area (Å²) >= 11 is 0. The SMILES string of the molecule is NC(=O)[C@@H]1Cc2ccccc2CN1C(=O)c1ccc2c(c1)OCCCO2. The fourth-order valence-corrected chi connectivity index (χ4v) is 3.45. The number of benzene rings is 2. The summed E-state index contributed by atoms with van der Waals surface area (Å²) in [6.07, 6.45) is 1.23. The highest BCUT2D eigenvalue weighted by atomic mass is 16.5. The summed E-state index contributed by atoms with van der Waals surface area (Å²) in [5.74, 6) is 0.456. The molecule has 0 aliphatic carbocycles. The molecule has 0 aromatic heterocycles. The number of nitrogens with zero attached hydrogens (tertiary/aromatic N) is 1. The van der Waals surface area contributed by atoms with E-state index in [1.807, 2.05) is 24.3 Å². The molecule has 2 heterocycles. The van der Waals surface area contributed by atoms with E-state index in [0.717, 1.165) is 17.5 Å². The topological polar surface area (TPSA) is 81.9 Å². The van der Waals surface area contributed by atoms with Gasteiger partial charge in [0.15, 0.2) is 11.5 Å². The summed E-state index contributed by atoms with van der Waals surface area (Å²) in [7, 11) is 0. The van der Waals surface area contributed by atoms with Crippen LogP contribution in [-0.2, 0) is 17.8 Å². The fourth-order valence-electron chi connectivity index (χ4n) is 3.45. The number of hydrogen-bond donors (Lipinski definition) is 1. The van der Waals surface area contributed by atoms with Gasteiger partial charge in [0.2, 0.25) is 5.91 Å². The van der Waals surface area contributed by atoms with E-state index >= 15 is 0 Å². The van der Waals surface area contributed by atoms with Crippen molar-refractivity contribution >= 4 is 11.8 Å². The molecule has 0 bridgehead atoms. The lowest BCUT2D eigenvalue weighted by Gasteiger charge is -2.35. The summed E-state index contributed by atoms with van der Waals surface area (Å²) in [4.78, 5) is 26.6. The van der Waals surface area contributed by atoms with E-state index in [2.05, 4.69) is 0 Å². The first-order chi connectivity index (χ1) is 12.6.